The lowest BCUT2D eigenvalue weighted by molar-refractivity contribution is 0.0689. The van der Waals surface area contributed by atoms with Gasteiger partial charge < -0.3 is 14.4 Å². The second-order valence-electron chi connectivity index (χ2n) is 5.49. The highest BCUT2D eigenvalue weighted by atomic mass is 16.5. The summed E-state index contributed by atoms with van der Waals surface area (Å²) in [5.74, 6) is 0.916. The maximum Gasteiger partial charge on any atom is 0.356 e. The molecule has 0 spiro atoms. The number of benzene rings is 1. The standard InChI is InChI=1S/C16H18N2O3/c1-10-7-8-18-12(9-10)14(16(19)20)17-15(18)11-5-3-4-6-13(11)21-2/h3-6,10H,7-9H2,1-2H3,(H,19,20). The van der Waals surface area contributed by atoms with Crippen LogP contribution >= 0.6 is 0 Å². The Labute approximate surface area is 123 Å². The second kappa shape index (κ2) is 5.24. The van der Waals surface area contributed by atoms with Gasteiger partial charge in [-0.3, -0.25) is 0 Å². The van der Waals surface area contributed by atoms with Crippen LogP contribution in [0.25, 0.3) is 11.4 Å². The van der Waals surface area contributed by atoms with Gasteiger partial charge >= 0.3 is 5.97 Å². The van der Waals surface area contributed by atoms with Crippen molar-refractivity contribution in [3.05, 3.63) is 35.7 Å². The highest BCUT2D eigenvalue weighted by molar-refractivity contribution is 5.88. The van der Waals surface area contributed by atoms with E-state index in [-0.39, 0.29) is 5.69 Å². The Hall–Kier alpha value is -2.30. The lowest BCUT2D eigenvalue weighted by Crippen LogP contribution is -2.19. The van der Waals surface area contributed by atoms with Gasteiger partial charge in [0, 0.05) is 6.54 Å². The summed E-state index contributed by atoms with van der Waals surface area (Å²) in [5, 5.41) is 9.41. The van der Waals surface area contributed by atoms with Crippen LogP contribution in [0.1, 0.15) is 29.5 Å². The summed E-state index contributed by atoms with van der Waals surface area (Å²) in [6.07, 6.45) is 1.79. The molecule has 5 nitrogen and oxygen atoms in total. The molecule has 0 amide bonds. The third-order valence-electron chi connectivity index (χ3n) is 4.01. The Balaban J connectivity index is 2.20. The number of carboxylic acid groups (broad SMARTS) is 1. The molecule has 2 aromatic rings. The summed E-state index contributed by atoms with van der Waals surface area (Å²) in [5.41, 5.74) is 1.83. The van der Waals surface area contributed by atoms with E-state index in [1.54, 1.807) is 7.11 Å². The van der Waals surface area contributed by atoms with Gasteiger partial charge in [0.05, 0.1) is 18.4 Å². The normalized spacial score (nSPS) is 17.3. The van der Waals surface area contributed by atoms with Crippen molar-refractivity contribution in [2.75, 3.05) is 7.11 Å². The molecule has 0 saturated carbocycles. The predicted octanol–water partition coefficient (Wildman–Crippen LogP) is 2.84. The van der Waals surface area contributed by atoms with Crippen molar-refractivity contribution in [2.45, 2.75) is 26.3 Å². The molecule has 0 bridgehead atoms. The van der Waals surface area contributed by atoms with Crippen molar-refractivity contribution >= 4 is 5.97 Å². The first kappa shape index (κ1) is 13.7. The zero-order valence-electron chi connectivity index (χ0n) is 12.2. The van der Waals surface area contributed by atoms with Crippen LogP contribution in [0.3, 0.4) is 0 Å². The van der Waals surface area contributed by atoms with Crippen LogP contribution in [-0.4, -0.2) is 27.7 Å². The van der Waals surface area contributed by atoms with E-state index in [9.17, 15) is 9.90 Å². The summed E-state index contributed by atoms with van der Waals surface area (Å²) in [6.45, 7) is 2.94. The molecule has 1 atom stereocenters. The molecule has 0 saturated heterocycles. The van der Waals surface area contributed by atoms with Crippen molar-refractivity contribution in [1.29, 1.82) is 0 Å². The fourth-order valence-corrected chi connectivity index (χ4v) is 2.92. The molecule has 0 aliphatic carbocycles. The number of hydrogen-bond donors (Lipinski definition) is 1. The monoisotopic (exact) mass is 286 g/mol. The van der Waals surface area contributed by atoms with Crippen LogP contribution in [0.4, 0.5) is 0 Å². The van der Waals surface area contributed by atoms with Gasteiger partial charge in [-0.05, 0) is 30.9 Å². The van der Waals surface area contributed by atoms with E-state index in [1.165, 1.54) is 0 Å². The number of fused-ring (bicyclic) bond motifs is 1. The lowest BCUT2D eigenvalue weighted by Gasteiger charge is -2.22. The Kier molecular flexibility index (Phi) is 3.41. The number of aromatic nitrogens is 2. The van der Waals surface area contributed by atoms with Crippen molar-refractivity contribution < 1.29 is 14.6 Å². The fraction of sp³-hybridized carbons (Fsp3) is 0.375. The first-order chi connectivity index (χ1) is 10.1. The van der Waals surface area contributed by atoms with Gasteiger partial charge in [0.2, 0.25) is 0 Å². The van der Waals surface area contributed by atoms with E-state index in [0.29, 0.717) is 17.5 Å². The maximum atomic E-state index is 11.5. The molecule has 110 valence electrons. The number of methoxy groups -OCH3 is 1. The minimum atomic E-state index is -0.964. The van der Waals surface area contributed by atoms with Crippen molar-refractivity contribution in [3.8, 4) is 17.1 Å². The Morgan fingerprint density at radius 1 is 1.43 bits per heavy atom. The molecular formula is C16H18N2O3. The molecule has 1 unspecified atom stereocenters. The number of para-hydroxylation sites is 1. The molecule has 0 fully saturated rings. The number of imidazole rings is 1. The van der Waals surface area contributed by atoms with Gasteiger partial charge in [-0.1, -0.05) is 19.1 Å². The largest absolute Gasteiger partial charge is 0.496 e. The highest BCUT2D eigenvalue weighted by Crippen LogP contribution is 2.34. The number of rotatable bonds is 3. The fourth-order valence-electron chi connectivity index (χ4n) is 2.92. The van der Waals surface area contributed by atoms with Gasteiger partial charge in [-0.25, -0.2) is 9.78 Å². The van der Waals surface area contributed by atoms with Crippen LogP contribution in [0.2, 0.25) is 0 Å². The molecule has 1 aromatic heterocycles. The molecule has 21 heavy (non-hydrogen) atoms. The van der Waals surface area contributed by atoms with E-state index in [2.05, 4.69) is 11.9 Å². The van der Waals surface area contributed by atoms with Crippen LogP contribution in [-0.2, 0) is 13.0 Å². The van der Waals surface area contributed by atoms with E-state index in [4.69, 9.17) is 4.74 Å². The SMILES string of the molecule is COc1ccccc1-c1nc(C(=O)O)c2n1CCC(C)C2. The highest BCUT2D eigenvalue weighted by Gasteiger charge is 2.28. The van der Waals surface area contributed by atoms with E-state index >= 15 is 0 Å². The van der Waals surface area contributed by atoms with Crippen LogP contribution in [0.5, 0.6) is 5.75 Å². The molecule has 5 heteroatoms. The van der Waals surface area contributed by atoms with Gasteiger partial charge in [-0.2, -0.15) is 0 Å². The molecule has 1 aliphatic heterocycles. The number of aromatic carboxylic acids is 1. The van der Waals surface area contributed by atoms with E-state index in [1.807, 2.05) is 28.8 Å². The average molecular weight is 286 g/mol. The minimum Gasteiger partial charge on any atom is -0.496 e. The Morgan fingerprint density at radius 2 is 2.19 bits per heavy atom. The van der Waals surface area contributed by atoms with Crippen molar-refractivity contribution in [3.63, 3.8) is 0 Å². The molecule has 0 radical (unpaired) electrons. The third-order valence-corrected chi connectivity index (χ3v) is 4.01. The molecule has 1 aliphatic rings. The van der Waals surface area contributed by atoms with E-state index < -0.39 is 5.97 Å². The van der Waals surface area contributed by atoms with E-state index in [0.717, 1.165) is 30.6 Å². The number of hydrogen-bond acceptors (Lipinski definition) is 3. The predicted molar refractivity (Wildman–Crippen MR) is 78.7 cm³/mol. The first-order valence-corrected chi connectivity index (χ1v) is 7.08. The van der Waals surface area contributed by atoms with Gasteiger partial charge in [-0.15, -0.1) is 0 Å². The molecular weight excluding hydrogens is 268 g/mol. The topological polar surface area (TPSA) is 64.3 Å². The van der Waals surface area contributed by atoms with Gasteiger partial charge in [0.15, 0.2) is 5.69 Å². The van der Waals surface area contributed by atoms with Crippen molar-refractivity contribution in [1.82, 2.24) is 9.55 Å². The summed E-state index contributed by atoms with van der Waals surface area (Å²) < 4.78 is 7.41. The Morgan fingerprint density at radius 3 is 2.90 bits per heavy atom. The first-order valence-electron chi connectivity index (χ1n) is 7.08. The zero-order valence-corrected chi connectivity index (χ0v) is 12.2. The average Bonchev–Trinajstić information content (AvgIpc) is 2.85. The van der Waals surface area contributed by atoms with Gasteiger partial charge in [0.25, 0.3) is 0 Å². The smallest absolute Gasteiger partial charge is 0.356 e. The summed E-state index contributed by atoms with van der Waals surface area (Å²) in [4.78, 5) is 15.9. The quantitative estimate of drug-likeness (QED) is 0.942. The number of ether oxygens (including phenoxy) is 1. The number of nitrogens with zero attached hydrogens (tertiary/aromatic N) is 2. The number of carbonyl (C=O) groups is 1. The van der Waals surface area contributed by atoms with Crippen LogP contribution in [0, 0.1) is 5.92 Å². The zero-order chi connectivity index (χ0) is 15.0. The summed E-state index contributed by atoms with van der Waals surface area (Å²) in [7, 11) is 1.61. The van der Waals surface area contributed by atoms with Crippen LogP contribution < -0.4 is 4.74 Å². The van der Waals surface area contributed by atoms with Crippen molar-refractivity contribution in [2.24, 2.45) is 5.92 Å². The third kappa shape index (κ3) is 2.28. The lowest BCUT2D eigenvalue weighted by atomic mass is 9.97. The molecule has 2 heterocycles. The summed E-state index contributed by atoms with van der Waals surface area (Å²) in [6, 6.07) is 7.58. The Bertz CT molecular complexity index is 691. The van der Waals surface area contributed by atoms with Crippen LogP contribution in [0.15, 0.2) is 24.3 Å². The van der Waals surface area contributed by atoms with Gasteiger partial charge in [0.1, 0.15) is 11.6 Å². The minimum absolute atomic E-state index is 0.169. The maximum absolute atomic E-state index is 11.5. The summed E-state index contributed by atoms with van der Waals surface area (Å²) >= 11 is 0. The number of carboxylic acids is 1. The second-order valence-corrected chi connectivity index (χ2v) is 5.49. The molecule has 1 N–H and O–H groups in total. The molecule has 1 aromatic carbocycles. The molecule has 3 rings (SSSR count).